The highest BCUT2D eigenvalue weighted by atomic mass is 31.2. The van der Waals surface area contributed by atoms with Crippen molar-refractivity contribution in [3.63, 3.8) is 0 Å². The van der Waals surface area contributed by atoms with Gasteiger partial charge in [-0.05, 0) is 70.6 Å². The molecule has 0 aromatic carbocycles. The molecule has 0 aromatic heterocycles. The highest BCUT2D eigenvalue weighted by Gasteiger charge is 2.28. The molecule has 0 aliphatic carbocycles. The van der Waals surface area contributed by atoms with Crippen LogP contribution >= 0.6 is 7.82 Å². The number of phosphoric acid groups is 1. The molecule has 0 radical (unpaired) electrons. The van der Waals surface area contributed by atoms with Crippen molar-refractivity contribution in [3.05, 3.63) is 72.9 Å². The molecular formula is C62H109O11P. The molecule has 2 N–H and O–H groups in total. The maximum atomic E-state index is 12.9. The summed E-state index contributed by atoms with van der Waals surface area (Å²) in [7, 11) is -4.77. The third-order valence-electron chi connectivity index (χ3n) is 12.6. The number of hydrogen-bond donors (Lipinski definition) is 2. The first-order chi connectivity index (χ1) is 36.2. The summed E-state index contributed by atoms with van der Waals surface area (Å²) < 4.78 is 39.4. The quantitative estimate of drug-likeness (QED) is 0.0197. The monoisotopic (exact) mass is 1060 g/mol. The van der Waals surface area contributed by atoms with Crippen molar-refractivity contribution in [2.45, 2.75) is 277 Å². The highest BCUT2D eigenvalue weighted by molar-refractivity contribution is 7.47. The van der Waals surface area contributed by atoms with Crippen LogP contribution in [-0.2, 0) is 42.2 Å². The van der Waals surface area contributed by atoms with E-state index in [-0.39, 0.29) is 25.9 Å². The molecule has 0 heterocycles. The van der Waals surface area contributed by atoms with Gasteiger partial charge < -0.3 is 24.2 Å². The van der Waals surface area contributed by atoms with E-state index in [0.29, 0.717) is 19.3 Å². The van der Waals surface area contributed by atoms with Crippen LogP contribution in [0.5, 0.6) is 0 Å². The molecule has 3 unspecified atom stereocenters. The van der Waals surface area contributed by atoms with Gasteiger partial charge in [-0.25, -0.2) is 4.57 Å². The number of phosphoric ester groups is 1. The first-order valence-corrected chi connectivity index (χ1v) is 31.3. The van der Waals surface area contributed by atoms with Crippen molar-refractivity contribution in [2.75, 3.05) is 26.4 Å². The summed E-state index contributed by atoms with van der Waals surface area (Å²) in [4.78, 5) is 48.5. The maximum absolute atomic E-state index is 12.9. The molecule has 0 saturated carbocycles. The Labute approximate surface area is 452 Å². The number of aliphatic hydroxyl groups is 1. The Balaban J connectivity index is 4.76. The zero-order valence-corrected chi connectivity index (χ0v) is 48.2. The standard InChI is InChI=1S/C62H109O11P/c1-4-7-10-13-16-19-22-25-27-28-29-30-32-35-38-41-44-47-50-53-62(66)73-59(55-69-60(64)51-48-45-42-39-36-33-24-21-18-15-12-9-6-3)57-71-74(67,68)70-56-58(54-63)72-61(65)52-49-46-43-40-37-34-31-26-23-20-17-14-11-8-5-2/h8,11,17,20-21,24,26,31,37,40,46,49,58-59,63H,4-7,9-10,12-16,18-19,22-23,25,27-30,32-36,38-39,41-45,47-48,50-57H2,1-3H3,(H,67,68)/b11-8-,20-17-,24-21-,31-26-,40-37-,49-46-. The Kier molecular flexibility index (Phi) is 53.8. The molecule has 428 valence electrons. The number of rotatable bonds is 55. The van der Waals surface area contributed by atoms with E-state index in [1.54, 1.807) is 6.08 Å². The second-order valence-electron chi connectivity index (χ2n) is 19.8. The van der Waals surface area contributed by atoms with Crippen molar-refractivity contribution < 1.29 is 52.2 Å². The van der Waals surface area contributed by atoms with Crippen LogP contribution in [0.4, 0.5) is 0 Å². The lowest BCUT2D eigenvalue weighted by molar-refractivity contribution is -0.161. The lowest BCUT2D eigenvalue weighted by Crippen LogP contribution is -2.30. The van der Waals surface area contributed by atoms with E-state index < -0.39 is 57.8 Å². The lowest BCUT2D eigenvalue weighted by Gasteiger charge is -2.21. The molecule has 12 heteroatoms. The minimum absolute atomic E-state index is 0.0558. The second kappa shape index (κ2) is 56.1. The van der Waals surface area contributed by atoms with Crippen LogP contribution < -0.4 is 0 Å². The van der Waals surface area contributed by atoms with E-state index in [4.69, 9.17) is 23.3 Å². The van der Waals surface area contributed by atoms with Crippen molar-refractivity contribution in [1.29, 1.82) is 0 Å². The molecule has 0 aromatic rings. The molecule has 3 atom stereocenters. The molecule has 74 heavy (non-hydrogen) atoms. The van der Waals surface area contributed by atoms with E-state index in [1.165, 1.54) is 122 Å². The Morgan fingerprint density at radius 1 is 0.405 bits per heavy atom. The van der Waals surface area contributed by atoms with Gasteiger partial charge in [-0.3, -0.25) is 23.4 Å². The van der Waals surface area contributed by atoms with E-state index in [9.17, 15) is 28.9 Å². The van der Waals surface area contributed by atoms with E-state index in [1.807, 2.05) is 18.2 Å². The van der Waals surface area contributed by atoms with Gasteiger partial charge in [0.25, 0.3) is 0 Å². The first kappa shape index (κ1) is 70.9. The van der Waals surface area contributed by atoms with E-state index in [0.717, 1.165) is 83.5 Å². The molecule has 0 bridgehead atoms. The van der Waals surface area contributed by atoms with Crippen LogP contribution in [0.2, 0.25) is 0 Å². The van der Waals surface area contributed by atoms with Gasteiger partial charge in [0.05, 0.1) is 26.2 Å². The topological polar surface area (TPSA) is 155 Å². The molecule has 11 nitrogen and oxygen atoms in total. The highest BCUT2D eigenvalue weighted by Crippen LogP contribution is 2.43. The zero-order valence-electron chi connectivity index (χ0n) is 47.3. The van der Waals surface area contributed by atoms with Crippen LogP contribution in [-0.4, -0.2) is 66.5 Å². The molecular weight excluding hydrogens is 952 g/mol. The normalized spacial score (nSPS) is 13.9. The van der Waals surface area contributed by atoms with Crippen LogP contribution in [0.1, 0.15) is 265 Å². The number of ether oxygens (including phenoxy) is 3. The van der Waals surface area contributed by atoms with Crippen molar-refractivity contribution in [2.24, 2.45) is 0 Å². The first-order valence-electron chi connectivity index (χ1n) is 29.8. The van der Waals surface area contributed by atoms with Crippen LogP contribution in [0, 0.1) is 0 Å². The summed E-state index contributed by atoms with van der Waals surface area (Å²) >= 11 is 0. The molecule has 0 rings (SSSR count). The Bertz CT molecular complexity index is 1520. The summed E-state index contributed by atoms with van der Waals surface area (Å²) in [6, 6.07) is 0. The van der Waals surface area contributed by atoms with Crippen molar-refractivity contribution >= 4 is 25.7 Å². The SMILES string of the molecule is CC/C=C\C/C=C\C/C=C\C/C=C\C/C=C\CC(=O)OC(CO)COP(=O)(O)OCC(COC(=O)CCCCCCC/C=C\CCCCCC)OC(=O)CCCCCCCCCCCCCCCCCCCCC. The number of hydrogen-bond acceptors (Lipinski definition) is 10. The average molecular weight is 1060 g/mol. The molecule has 0 aliphatic rings. The molecule has 0 aliphatic heterocycles. The molecule has 0 amide bonds. The van der Waals surface area contributed by atoms with Gasteiger partial charge in [-0.2, -0.15) is 0 Å². The number of carbonyl (C=O) groups excluding carboxylic acids is 3. The summed E-state index contributed by atoms with van der Waals surface area (Å²) in [6.07, 6.45) is 63.2. The van der Waals surface area contributed by atoms with Crippen LogP contribution in [0.15, 0.2) is 72.9 Å². The van der Waals surface area contributed by atoms with Crippen molar-refractivity contribution in [3.8, 4) is 0 Å². The zero-order chi connectivity index (χ0) is 54.1. The third kappa shape index (κ3) is 53.7. The van der Waals surface area contributed by atoms with Crippen molar-refractivity contribution in [1.82, 2.24) is 0 Å². The van der Waals surface area contributed by atoms with Gasteiger partial charge in [0, 0.05) is 12.8 Å². The van der Waals surface area contributed by atoms with Gasteiger partial charge in [-0.15, -0.1) is 0 Å². The van der Waals surface area contributed by atoms with Crippen LogP contribution in [0.3, 0.4) is 0 Å². The summed E-state index contributed by atoms with van der Waals surface area (Å²) in [5, 5.41) is 9.79. The summed E-state index contributed by atoms with van der Waals surface area (Å²) in [5.74, 6) is -1.60. The number of carbonyl (C=O) groups is 3. The number of esters is 3. The summed E-state index contributed by atoms with van der Waals surface area (Å²) in [5.41, 5.74) is 0. The Morgan fingerprint density at radius 2 is 0.757 bits per heavy atom. The number of aliphatic hydroxyl groups excluding tert-OH is 1. The smallest absolute Gasteiger partial charge is 0.462 e. The predicted octanol–water partition coefficient (Wildman–Crippen LogP) is 17.7. The van der Waals surface area contributed by atoms with Gasteiger partial charge >= 0.3 is 25.7 Å². The average Bonchev–Trinajstić information content (AvgIpc) is 3.39. The van der Waals surface area contributed by atoms with E-state index in [2.05, 4.69) is 69.4 Å². The number of allylic oxidation sites excluding steroid dienone is 11. The fourth-order valence-electron chi connectivity index (χ4n) is 8.13. The van der Waals surface area contributed by atoms with Gasteiger partial charge in [0.1, 0.15) is 12.7 Å². The lowest BCUT2D eigenvalue weighted by atomic mass is 10.0. The van der Waals surface area contributed by atoms with Gasteiger partial charge in [0.15, 0.2) is 6.10 Å². The minimum Gasteiger partial charge on any atom is -0.462 e. The maximum Gasteiger partial charge on any atom is 0.472 e. The van der Waals surface area contributed by atoms with Gasteiger partial charge in [-0.1, -0.05) is 248 Å². The van der Waals surface area contributed by atoms with Crippen LogP contribution in [0.25, 0.3) is 0 Å². The molecule has 0 fully saturated rings. The van der Waals surface area contributed by atoms with E-state index >= 15 is 0 Å². The fourth-order valence-corrected chi connectivity index (χ4v) is 8.92. The predicted molar refractivity (Wildman–Crippen MR) is 307 cm³/mol. The second-order valence-corrected chi connectivity index (χ2v) is 21.3. The summed E-state index contributed by atoms with van der Waals surface area (Å²) in [6.45, 7) is 4.43. The minimum atomic E-state index is -4.77. The number of unbranched alkanes of at least 4 members (excludes halogenated alkanes) is 27. The molecule has 0 saturated heterocycles. The molecule has 0 spiro atoms. The Hall–Kier alpha value is -3.08. The third-order valence-corrected chi connectivity index (χ3v) is 13.6. The Morgan fingerprint density at radius 3 is 1.19 bits per heavy atom. The van der Waals surface area contributed by atoms with Gasteiger partial charge in [0.2, 0.25) is 0 Å². The fraction of sp³-hybridized carbons (Fsp3) is 0.758. The largest absolute Gasteiger partial charge is 0.472 e.